The Labute approximate surface area is 70.9 Å². The molecular weight excluding hydrogens is 156 g/mol. The Hall–Kier alpha value is -1.32. The standard InChI is InChI=1S/C8H12N2O2/c1-2-3-10-5-7(9-6-10)4-8(11)12/h5-6H,2-4H2,1H3,(H,11,12). The normalized spacial score (nSPS) is 10.1. The highest BCUT2D eigenvalue weighted by Crippen LogP contribution is 1.98. The molecule has 0 aliphatic carbocycles. The number of nitrogens with zero attached hydrogens (tertiary/aromatic N) is 2. The van der Waals surface area contributed by atoms with Gasteiger partial charge in [-0.1, -0.05) is 6.92 Å². The number of aliphatic carboxylic acids is 1. The predicted octanol–water partition coefficient (Wildman–Crippen LogP) is 0.920. The Morgan fingerprint density at radius 3 is 3.08 bits per heavy atom. The largest absolute Gasteiger partial charge is 0.481 e. The number of hydrogen-bond acceptors (Lipinski definition) is 2. The molecule has 1 rings (SSSR count). The highest BCUT2D eigenvalue weighted by atomic mass is 16.4. The summed E-state index contributed by atoms with van der Waals surface area (Å²) in [4.78, 5) is 14.2. The molecule has 4 heteroatoms. The molecule has 0 amide bonds. The van der Waals surface area contributed by atoms with Crippen LogP contribution < -0.4 is 0 Å². The number of carboxylic acids is 1. The number of rotatable bonds is 4. The molecule has 1 aromatic rings. The van der Waals surface area contributed by atoms with Gasteiger partial charge in [-0.2, -0.15) is 0 Å². The van der Waals surface area contributed by atoms with E-state index in [2.05, 4.69) is 11.9 Å². The van der Waals surface area contributed by atoms with Crippen LogP contribution in [0.4, 0.5) is 0 Å². The summed E-state index contributed by atoms with van der Waals surface area (Å²) in [6, 6.07) is 0. The fourth-order valence-corrected chi connectivity index (χ4v) is 1.03. The van der Waals surface area contributed by atoms with Crippen molar-refractivity contribution in [3.8, 4) is 0 Å². The molecule has 0 bridgehead atoms. The molecule has 1 heterocycles. The molecule has 0 aromatic carbocycles. The SMILES string of the molecule is CCCn1cnc(CC(=O)O)c1. The van der Waals surface area contributed by atoms with Gasteiger partial charge in [-0.25, -0.2) is 4.98 Å². The van der Waals surface area contributed by atoms with Gasteiger partial charge < -0.3 is 9.67 Å². The summed E-state index contributed by atoms with van der Waals surface area (Å²) >= 11 is 0. The van der Waals surface area contributed by atoms with E-state index in [1.165, 1.54) is 0 Å². The number of aryl methyl sites for hydroxylation is 1. The first-order valence-corrected chi connectivity index (χ1v) is 3.95. The maximum Gasteiger partial charge on any atom is 0.309 e. The first-order chi connectivity index (χ1) is 5.72. The zero-order valence-corrected chi connectivity index (χ0v) is 7.03. The van der Waals surface area contributed by atoms with Gasteiger partial charge in [-0.15, -0.1) is 0 Å². The summed E-state index contributed by atoms with van der Waals surface area (Å²) in [5.74, 6) is -0.836. The predicted molar refractivity (Wildman–Crippen MR) is 43.9 cm³/mol. The quantitative estimate of drug-likeness (QED) is 0.727. The van der Waals surface area contributed by atoms with Gasteiger partial charge in [-0.05, 0) is 6.42 Å². The summed E-state index contributed by atoms with van der Waals surface area (Å²) in [6.45, 7) is 2.96. The monoisotopic (exact) mass is 168 g/mol. The van der Waals surface area contributed by atoms with E-state index in [0.29, 0.717) is 5.69 Å². The van der Waals surface area contributed by atoms with Crippen molar-refractivity contribution < 1.29 is 9.90 Å². The van der Waals surface area contributed by atoms with E-state index in [1.807, 2.05) is 4.57 Å². The van der Waals surface area contributed by atoms with E-state index >= 15 is 0 Å². The van der Waals surface area contributed by atoms with Crippen LogP contribution in [0.3, 0.4) is 0 Å². The second kappa shape index (κ2) is 3.90. The molecule has 66 valence electrons. The molecule has 0 aliphatic rings. The number of hydrogen-bond donors (Lipinski definition) is 1. The number of aromatic nitrogens is 2. The minimum Gasteiger partial charge on any atom is -0.481 e. The van der Waals surface area contributed by atoms with Crippen LogP contribution in [0, 0.1) is 0 Å². The van der Waals surface area contributed by atoms with E-state index in [4.69, 9.17) is 5.11 Å². The Morgan fingerprint density at radius 1 is 1.75 bits per heavy atom. The molecule has 0 atom stereocenters. The van der Waals surface area contributed by atoms with Crippen molar-refractivity contribution in [2.24, 2.45) is 0 Å². The van der Waals surface area contributed by atoms with Gasteiger partial charge in [0.1, 0.15) is 0 Å². The summed E-state index contributed by atoms with van der Waals surface area (Å²) in [5, 5.41) is 8.46. The maximum atomic E-state index is 10.3. The first-order valence-electron chi connectivity index (χ1n) is 3.95. The minimum atomic E-state index is -0.836. The van der Waals surface area contributed by atoms with Crippen LogP contribution in [-0.2, 0) is 17.8 Å². The van der Waals surface area contributed by atoms with Crippen LogP contribution in [-0.4, -0.2) is 20.6 Å². The fourth-order valence-electron chi connectivity index (χ4n) is 1.03. The van der Waals surface area contributed by atoms with Crippen molar-refractivity contribution in [2.45, 2.75) is 26.3 Å². The van der Waals surface area contributed by atoms with Crippen molar-refractivity contribution >= 4 is 5.97 Å². The second-order valence-corrected chi connectivity index (χ2v) is 2.67. The third-order valence-corrected chi connectivity index (χ3v) is 1.50. The van der Waals surface area contributed by atoms with Crippen molar-refractivity contribution in [2.75, 3.05) is 0 Å². The molecule has 0 radical (unpaired) electrons. The molecular formula is C8H12N2O2. The average molecular weight is 168 g/mol. The second-order valence-electron chi connectivity index (χ2n) is 2.67. The molecule has 0 saturated carbocycles. The molecule has 4 nitrogen and oxygen atoms in total. The average Bonchev–Trinajstić information content (AvgIpc) is 2.36. The van der Waals surface area contributed by atoms with Crippen LogP contribution in [0.25, 0.3) is 0 Å². The maximum absolute atomic E-state index is 10.3. The summed E-state index contributed by atoms with van der Waals surface area (Å²) in [6.07, 6.45) is 4.49. The summed E-state index contributed by atoms with van der Waals surface area (Å²) in [7, 11) is 0. The fraction of sp³-hybridized carbons (Fsp3) is 0.500. The molecule has 0 fully saturated rings. The van der Waals surface area contributed by atoms with E-state index in [0.717, 1.165) is 13.0 Å². The van der Waals surface area contributed by atoms with Crippen LogP contribution in [0.15, 0.2) is 12.5 Å². The Morgan fingerprint density at radius 2 is 2.50 bits per heavy atom. The topological polar surface area (TPSA) is 55.1 Å². The highest BCUT2D eigenvalue weighted by molar-refractivity contribution is 5.69. The van der Waals surface area contributed by atoms with Crippen LogP contribution in [0.5, 0.6) is 0 Å². The van der Waals surface area contributed by atoms with Crippen molar-refractivity contribution in [1.82, 2.24) is 9.55 Å². The van der Waals surface area contributed by atoms with E-state index in [-0.39, 0.29) is 6.42 Å². The number of imidazole rings is 1. The molecule has 0 spiro atoms. The van der Waals surface area contributed by atoms with Crippen molar-refractivity contribution in [3.05, 3.63) is 18.2 Å². The number of carbonyl (C=O) groups is 1. The van der Waals surface area contributed by atoms with E-state index in [9.17, 15) is 4.79 Å². The third-order valence-electron chi connectivity index (χ3n) is 1.50. The third kappa shape index (κ3) is 2.38. The highest BCUT2D eigenvalue weighted by Gasteiger charge is 2.02. The van der Waals surface area contributed by atoms with Gasteiger partial charge in [0.25, 0.3) is 0 Å². The van der Waals surface area contributed by atoms with Crippen LogP contribution >= 0.6 is 0 Å². The zero-order valence-electron chi connectivity index (χ0n) is 7.03. The van der Waals surface area contributed by atoms with Gasteiger partial charge in [-0.3, -0.25) is 4.79 Å². The van der Waals surface area contributed by atoms with Crippen LogP contribution in [0.1, 0.15) is 19.0 Å². The van der Waals surface area contributed by atoms with Crippen LogP contribution in [0.2, 0.25) is 0 Å². The van der Waals surface area contributed by atoms with Gasteiger partial charge in [0.15, 0.2) is 0 Å². The van der Waals surface area contributed by atoms with E-state index < -0.39 is 5.97 Å². The Bertz CT molecular complexity index is 268. The first kappa shape index (κ1) is 8.77. The summed E-state index contributed by atoms with van der Waals surface area (Å²) < 4.78 is 1.90. The lowest BCUT2D eigenvalue weighted by Gasteiger charge is -1.94. The van der Waals surface area contributed by atoms with Gasteiger partial charge in [0.05, 0.1) is 18.4 Å². The number of carboxylic acid groups (broad SMARTS) is 1. The molecule has 0 aliphatic heterocycles. The van der Waals surface area contributed by atoms with Gasteiger partial charge in [0, 0.05) is 12.7 Å². The molecule has 0 saturated heterocycles. The van der Waals surface area contributed by atoms with Crippen molar-refractivity contribution in [1.29, 1.82) is 0 Å². The molecule has 12 heavy (non-hydrogen) atoms. The molecule has 1 N–H and O–H groups in total. The lowest BCUT2D eigenvalue weighted by Crippen LogP contribution is -2.00. The molecule has 1 aromatic heterocycles. The summed E-state index contributed by atoms with van der Waals surface area (Å²) in [5.41, 5.74) is 0.621. The Balaban J connectivity index is 2.58. The van der Waals surface area contributed by atoms with Gasteiger partial charge in [0.2, 0.25) is 0 Å². The lowest BCUT2D eigenvalue weighted by molar-refractivity contribution is -0.136. The Kier molecular flexibility index (Phi) is 2.85. The lowest BCUT2D eigenvalue weighted by atomic mass is 10.3. The smallest absolute Gasteiger partial charge is 0.309 e. The van der Waals surface area contributed by atoms with E-state index in [1.54, 1.807) is 12.5 Å². The van der Waals surface area contributed by atoms with Gasteiger partial charge >= 0.3 is 5.97 Å². The van der Waals surface area contributed by atoms with Crippen molar-refractivity contribution in [3.63, 3.8) is 0 Å². The molecule has 0 unspecified atom stereocenters. The zero-order chi connectivity index (χ0) is 8.97. The minimum absolute atomic E-state index is 0.0106.